The average Bonchev–Trinajstić information content (AvgIpc) is 3.31. The molecule has 2 fully saturated rings. The van der Waals surface area contributed by atoms with Crippen molar-refractivity contribution in [2.75, 3.05) is 25.0 Å². The molecule has 2 aliphatic rings. The smallest absolute Gasteiger partial charge is 0.221 e. The maximum absolute atomic E-state index is 11.9. The number of nitriles is 1. The summed E-state index contributed by atoms with van der Waals surface area (Å²) in [6.07, 6.45) is 4.44. The Bertz CT molecular complexity index is 632. The molecular weight excluding hydrogens is 314 g/mol. The van der Waals surface area contributed by atoms with Crippen molar-refractivity contribution in [2.24, 2.45) is 11.8 Å². The summed E-state index contributed by atoms with van der Waals surface area (Å²) in [6.45, 7) is 7.22. The van der Waals surface area contributed by atoms with E-state index in [0.717, 1.165) is 38.3 Å². The minimum absolute atomic E-state index is 0.175. The second-order valence-corrected chi connectivity index (χ2v) is 7.55. The van der Waals surface area contributed by atoms with Crippen molar-refractivity contribution in [1.29, 1.82) is 5.26 Å². The molecule has 134 valence electrons. The van der Waals surface area contributed by atoms with Crippen LogP contribution in [0.5, 0.6) is 0 Å². The maximum atomic E-state index is 11.9. The molecule has 6 heteroatoms. The fraction of sp³-hybridized carbons (Fsp3) is 0.632. The summed E-state index contributed by atoms with van der Waals surface area (Å²) >= 11 is 0. The highest BCUT2D eigenvalue weighted by Gasteiger charge is 2.35. The predicted molar refractivity (Wildman–Crippen MR) is 96.9 cm³/mol. The highest BCUT2D eigenvalue weighted by atomic mass is 16.1. The molecule has 3 rings (SSSR count). The standard InChI is InChI=1S/C19H27N5O/c1-13(2)16-11-24(8-7-19(25)22-15-4-5-15)12-17(16)23-18-6-3-14(9-20)10-21-18/h3,6,10,13,15-17H,4-5,7-8,11-12H2,1-2H3,(H,21,23)(H,22,25)/t16-,17+/m1/s1. The van der Waals surface area contributed by atoms with E-state index in [4.69, 9.17) is 5.26 Å². The lowest BCUT2D eigenvalue weighted by Gasteiger charge is -2.23. The number of carbonyl (C=O) groups excluding carboxylic acids is 1. The number of likely N-dealkylation sites (tertiary alicyclic amines) is 1. The van der Waals surface area contributed by atoms with Gasteiger partial charge in [0.05, 0.1) is 5.56 Å². The lowest BCUT2D eigenvalue weighted by Crippen LogP contribution is -2.32. The van der Waals surface area contributed by atoms with Crippen LogP contribution >= 0.6 is 0 Å². The monoisotopic (exact) mass is 341 g/mol. The summed E-state index contributed by atoms with van der Waals surface area (Å²) in [4.78, 5) is 18.6. The van der Waals surface area contributed by atoms with Crippen molar-refractivity contribution < 1.29 is 4.79 Å². The molecular formula is C19H27N5O. The van der Waals surface area contributed by atoms with Gasteiger partial charge in [-0.1, -0.05) is 13.8 Å². The molecule has 25 heavy (non-hydrogen) atoms. The van der Waals surface area contributed by atoms with Gasteiger partial charge in [0.15, 0.2) is 0 Å². The Morgan fingerprint density at radius 1 is 1.40 bits per heavy atom. The summed E-state index contributed by atoms with van der Waals surface area (Å²) in [5, 5.41) is 15.5. The Morgan fingerprint density at radius 3 is 2.80 bits per heavy atom. The normalized spacial score (nSPS) is 23.4. The molecule has 0 radical (unpaired) electrons. The SMILES string of the molecule is CC(C)[C@H]1CN(CCC(=O)NC2CC2)C[C@@H]1Nc1ccc(C#N)cn1. The minimum Gasteiger partial charge on any atom is -0.366 e. The number of nitrogens with one attached hydrogen (secondary N) is 2. The van der Waals surface area contributed by atoms with Crippen LogP contribution in [0.4, 0.5) is 5.82 Å². The third kappa shape index (κ3) is 4.93. The molecule has 6 nitrogen and oxygen atoms in total. The minimum atomic E-state index is 0.175. The first-order valence-corrected chi connectivity index (χ1v) is 9.19. The van der Waals surface area contributed by atoms with E-state index >= 15 is 0 Å². The second-order valence-electron chi connectivity index (χ2n) is 7.55. The summed E-state index contributed by atoms with van der Waals surface area (Å²) < 4.78 is 0. The number of aromatic nitrogens is 1. The van der Waals surface area contributed by atoms with Crippen molar-refractivity contribution in [1.82, 2.24) is 15.2 Å². The van der Waals surface area contributed by atoms with Gasteiger partial charge >= 0.3 is 0 Å². The molecule has 0 unspecified atom stereocenters. The van der Waals surface area contributed by atoms with Gasteiger partial charge < -0.3 is 15.5 Å². The van der Waals surface area contributed by atoms with Crippen LogP contribution in [-0.4, -0.2) is 47.5 Å². The average molecular weight is 341 g/mol. The van der Waals surface area contributed by atoms with Crippen molar-refractivity contribution in [3.8, 4) is 6.07 Å². The predicted octanol–water partition coefficient (Wildman–Crippen LogP) is 1.99. The molecule has 2 atom stereocenters. The zero-order chi connectivity index (χ0) is 17.8. The van der Waals surface area contributed by atoms with E-state index in [2.05, 4.69) is 40.4 Å². The van der Waals surface area contributed by atoms with E-state index in [9.17, 15) is 4.79 Å². The summed E-state index contributed by atoms with van der Waals surface area (Å²) in [7, 11) is 0. The van der Waals surface area contributed by atoms with Crippen LogP contribution in [0.25, 0.3) is 0 Å². The largest absolute Gasteiger partial charge is 0.366 e. The summed E-state index contributed by atoms with van der Waals surface area (Å²) in [5.74, 6) is 2.06. The first-order chi connectivity index (χ1) is 12.0. The van der Waals surface area contributed by atoms with E-state index in [1.54, 1.807) is 12.3 Å². The first-order valence-electron chi connectivity index (χ1n) is 9.19. The lowest BCUT2D eigenvalue weighted by atomic mass is 9.91. The molecule has 1 aliphatic heterocycles. The summed E-state index contributed by atoms with van der Waals surface area (Å²) in [6, 6.07) is 6.49. The lowest BCUT2D eigenvalue weighted by molar-refractivity contribution is -0.121. The van der Waals surface area contributed by atoms with Gasteiger partial charge in [0, 0.05) is 44.3 Å². The zero-order valence-electron chi connectivity index (χ0n) is 15.0. The number of nitrogens with zero attached hydrogens (tertiary/aromatic N) is 3. The van der Waals surface area contributed by atoms with Gasteiger partial charge in [-0.05, 0) is 36.8 Å². The Labute approximate surface area is 149 Å². The Kier molecular flexibility index (Phi) is 5.54. The van der Waals surface area contributed by atoms with Crippen molar-refractivity contribution in [2.45, 2.75) is 45.2 Å². The van der Waals surface area contributed by atoms with E-state index in [1.807, 2.05) is 6.07 Å². The maximum Gasteiger partial charge on any atom is 0.221 e. The van der Waals surface area contributed by atoms with Crippen LogP contribution in [-0.2, 0) is 4.79 Å². The van der Waals surface area contributed by atoms with Crippen LogP contribution in [0, 0.1) is 23.2 Å². The molecule has 0 aromatic carbocycles. The molecule has 1 aliphatic carbocycles. The van der Waals surface area contributed by atoms with Crippen LogP contribution < -0.4 is 10.6 Å². The van der Waals surface area contributed by atoms with Gasteiger partial charge in [0.2, 0.25) is 5.91 Å². The molecule has 0 spiro atoms. The fourth-order valence-electron chi connectivity index (χ4n) is 3.45. The number of anilines is 1. The number of amides is 1. The quantitative estimate of drug-likeness (QED) is 0.793. The number of carbonyl (C=O) groups is 1. The Balaban J connectivity index is 1.54. The van der Waals surface area contributed by atoms with E-state index in [-0.39, 0.29) is 5.91 Å². The van der Waals surface area contributed by atoms with Crippen molar-refractivity contribution in [3.05, 3.63) is 23.9 Å². The van der Waals surface area contributed by atoms with Crippen LogP contribution in [0.2, 0.25) is 0 Å². The van der Waals surface area contributed by atoms with E-state index in [1.165, 1.54) is 0 Å². The third-order valence-corrected chi connectivity index (χ3v) is 5.12. The van der Waals surface area contributed by atoms with Crippen LogP contribution in [0.3, 0.4) is 0 Å². The topological polar surface area (TPSA) is 81.0 Å². The highest BCUT2D eigenvalue weighted by Crippen LogP contribution is 2.27. The number of rotatable bonds is 7. The fourth-order valence-corrected chi connectivity index (χ4v) is 3.45. The molecule has 0 bridgehead atoms. The molecule has 1 saturated carbocycles. The van der Waals surface area contributed by atoms with Gasteiger partial charge in [-0.3, -0.25) is 4.79 Å². The molecule has 1 aromatic rings. The number of hydrogen-bond donors (Lipinski definition) is 2. The van der Waals surface area contributed by atoms with Gasteiger partial charge in [-0.15, -0.1) is 0 Å². The van der Waals surface area contributed by atoms with Gasteiger partial charge in [0.25, 0.3) is 0 Å². The van der Waals surface area contributed by atoms with Crippen LogP contribution in [0.1, 0.15) is 38.7 Å². The first kappa shape index (κ1) is 17.7. The molecule has 2 heterocycles. The summed E-state index contributed by atoms with van der Waals surface area (Å²) in [5.41, 5.74) is 0.570. The number of hydrogen-bond acceptors (Lipinski definition) is 5. The van der Waals surface area contributed by atoms with Crippen LogP contribution in [0.15, 0.2) is 18.3 Å². The van der Waals surface area contributed by atoms with Gasteiger partial charge in [0.1, 0.15) is 11.9 Å². The van der Waals surface area contributed by atoms with E-state index < -0.39 is 0 Å². The van der Waals surface area contributed by atoms with Crippen molar-refractivity contribution >= 4 is 11.7 Å². The number of pyridine rings is 1. The molecule has 1 amide bonds. The molecule has 1 saturated heterocycles. The van der Waals surface area contributed by atoms with E-state index in [0.29, 0.717) is 35.9 Å². The highest BCUT2D eigenvalue weighted by molar-refractivity contribution is 5.76. The Morgan fingerprint density at radius 2 is 2.20 bits per heavy atom. The van der Waals surface area contributed by atoms with Gasteiger partial charge in [-0.25, -0.2) is 4.98 Å². The zero-order valence-corrected chi connectivity index (χ0v) is 15.0. The Hall–Kier alpha value is -2.13. The van der Waals surface area contributed by atoms with Crippen molar-refractivity contribution in [3.63, 3.8) is 0 Å². The molecule has 2 N–H and O–H groups in total. The molecule has 1 aromatic heterocycles. The third-order valence-electron chi connectivity index (χ3n) is 5.12. The second kappa shape index (κ2) is 7.83. The van der Waals surface area contributed by atoms with Gasteiger partial charge in [-0.2, -0.15) is 5.26 Å².